The molecule has 1 N–H and O–H groups in total. The fourth-order valence-corrected chi connectivity index (χ4v) is 6.33. The Morgan fingerprint density at radius 2 is 2.04 bits per heavy atom. The molecule has 0 aromatic rings. The smallest absolute Gasteiger partial charge is 0.317 e. The molecule has 0 unspecified atom stereocenters. The minimum atomic E-state index is -1.13. The van der Waals surface area contributed by atoms with E-state index in [1.165, 1.54) is 19.3 Å². The van der Waals surface area contributed by atoms with Gasteiger partial charge in [-0.25, -0.2) is 0 Å². The second kappa shape index (κ2) is 7.10. The number of rotatable bonds is 5. The molecule has 0 aromatic heterocycles. The van der Waals surface area contributed by atoms with Gasteiger partial charge in [0.15, 0.2) is 0 Å². The zero-order valence-electron chi connectivity index (χ0n) is 17.1. The third-order valence-electron chi connectivity index (χ3n) is 7.92. The van der Waals surface area contributed by atoms with E-state index in [9.17, 15) is 9.59 Å². The lowest BCUT2D eigenvalue weighted by molar-refractivity contribution is -0.159. The summed E-state index contributed by atoms with van der Waals surface area (Å²) in [6.07, 6.45) is 12.0. The first kappa shape index (κ1) is 20.2. The van der Waals surface area contributed by atoms with Crippen LogP contribution in [0.4, 0.5) is 0 Å². The molecule has 3 aliphatic rings. The quantitative estimate of drug-likeness (QED) is 0.411. The molecule has 0 heterocycles. The van der Waals surface area contributed by atoms with Gasteiger partial charge in [0.25, 0.3) is 0 Å². The normalized spacial score (nSPS) is 40.9. The van der Waals surface area contributed by atoms with Gasteiger partial charge in [-0.05, 0) is 61.2 Å². The van der Waals surface area contributed by atoms with Crippen molar-refractivity contribution in [1.29, 1.82) is 0 Å². The first-order valence-corrected chi connectivity index (χ1v) is 10.3. The summed E-state index contributed by atoms with van der Waals surface area (Å²) < 4.78 is 5.42. The van der Waals surface area contributed by atoms with Crippen LogP contribution in [0.25, 0.3) is 0 Å². The molecule has 3 rings (SSSR count). The van der Waals surface area contributed by atoms with Gasteiger partial charge in [-0.15, -0.1) is 6.58 Å². The van der Waals surface area contributed by atoms with E-state index < -0.39 is 18.4 Å². The van der Waals surface area contributed by atoms with E-state index in [-0.39, 0.29) is 16.2 Å². The first-order chi connectivity index (χ1) is 12.6. The second-order valence-corrected chi connectivity index (χ2v) is 9.94. The van der Waals surface area contributed by atoms with E-state index in [0.717, 1.165) is 25.7 Å². The first-order valence-electron chi connectivity index (χ1n) is 10.3. The fourth-order valence-electron chi connectivity index (χ4n) is 6.33. The van der Waals surface area contributed by atoms with Crippen LogP contribution in [0.15, 0.2) is 24.3 Å². The number of esters is 1. The van der Waals surface area contributed by atoms with E-state index >= 15 is 0 Å². The molecule has 0 amide bonds. The van der Waals surface area contributed by atoms with Crippen LogP contribution >= 0.6 is 0 Å². The van der Waals surface area contributed by atoms with Crippen molar-refractivity contribution >= 4 is 11.9 Å². The van der Waals surface area contributed by atoms with Crippen LogP contribution in [-0.2, 0) is 14.3 Å². The van der Waals surface area contributed by atoms with Crippen LogP contribution in [0.5, 0.6) is 0 Å². The number of fused-ring (bicyclic) bond motifs is 3. The largest absolute Gasteiger partial charge is 0.481 e. The monoisotopic (exact) mass is 374 g/mol. The van der Waals surface area contributed by atoms with Gasteiger partial charge in [-0.1, -0.05) is 44.9 Å². The molecule has 27 heavy (non-hydrogen) atoms. The number of allylic oxidation sites excluding steroid dienone is 3. The van der Waals surface area contributed by atoms with Gasteiger partial charge >= 0.3 is 11.9 Å². The van der Waals surface area contributed by atoms with E-state index in [1.54, 1.807) is 5.57 Å². The van der Waals surface area contributed by atoms with Gasteiger partial charge in [-0.3, -0.25) is 9.59 Å². The van der Waals surface area contributed by atoms with Crippen molar-refractivity contribution in [3.8, 4) is 0 Å². The standard InChI is InChI=1S/C23H34O4/c1-5-21(2)12-9-17-16(14-21)7-8-18-22(3,10-6-11-23(17,18)4)15-27-20(26)13-19(24)25/h5,7,17-18H,1,6,8-15H2,2-4H3,(H,24,25)/t17-,18-,21+,22-,23-/m0/s1. The van der Waals surface area contributed by atoms with Crippen molar-refractivity contribution in [2.75, 3.05) is 6.61 Å². The maximum atomic E-state index is 11.8. The van der Waals surface area contributed by atoms with Gasteiger partial charge in [0.05, 0.1) is 6.61 Å². The topological polar surface area (TPSA) is 63.6 Å². The van der Waals surface area contributed by atoms with E-state index in [1.807, 2.05) is 0 Å². The van der Waals surface area contributed by atoms with Crippen LogP contribution in [0.3, 0.4) is 0 Å². The van der Waals surface area contributed by atoms with Gasteiger partial charge in [0.2, 0.25) is 0 Å². The van der Waals surface area contributed by atoms with E-state index in [2.05, 4.69) is 39.5 Å². The Kier molecular flexibility index (Phi) is 5.31. The third kappa shape index (κ3) is 3.72. The summed E-state index contributed by atoms with van der Waals surface area (Å²) in [4.78, 5) is 22.5. The summed E-state index contributed by atoms with van der Waals surface area (Å²) in [5.74, 6) is -0.671. The SMILES string of the molecule is C=C[C@]1(C)CC[C@H]2C(=CC[C@H]3[C@](C)(COC(=O)CC(=O)O)CCC[C@@]23C)C1. The van der Waals surface area contributed by atoms with Crippen molar-refractivity contribution in [3.63, 3.8) is 0 Å². The van der Waals surface area contributed by atoms with Crippen molar-refractivity contribution in [2.45, 2.75) is 72.1 Å². The minimum Gasteiger partial charge on any atom is -0.481 e. The Morgan fingerprint density at radius 1 is 1.30 bits per heavy atom. The highest BCUT2D eigenvalue weighted by molar-refractivity contribution is 5.90. The Balaban J connectivity index is 1.79. The molecule has 4 heteroatoms. The Morgan fingerprint density at radius 3 is 2.70 bits per heavy atom. The number of carboxylic acid groups (broad SMARTS) is 1. The number of hydrogen-bond donors (Lipinski definition) is 1. The van der Waals surface area contributed by atoms with Gasteiger partial charge in [0.1, 0.15) is 6.42 Å². The minimum absolute atomic E-state index is 0.0810. The second-order valence-electron chi connectivity index (χ2n) is 9.94. The highest BCUT2D eigenvalue weighted by Crippen LogP contribution is 2.63. The zero-order chi connectivity index (χ0) is 19.9. The van der Waals surface area contributed by atoms with Gasteiger partial charge < -0.3 is 9.84 Å². The highest BCUT2D eigenvalue weighted by Gasteiger charge is 2.55. The van der Waals surface area contributed by atoms with Crippen molar-refractivity contribution in [3.05, 3.63) is 24.3 Å². The van der Waals surface area contributed by atoms with Crippen LogP contribution < -0.4 is 0 Å². The van der Waals surface area contributed by atoms with E-state index in [0.29, 0.717) is 18.4 Å². The van der Waals surface area contributed by atoms with Crippen LogP contribution in [0.1, 0.15) is 72.1 Å². The number of aliphatic carboxylic acids is 1. The molecule has 2 fully saturated rings. The predicted molar refractivity (Wildman–Crippen MR) is 105 cm³/mol. The lowest BCUT2D eigenvalue weighted by Gasteiger charge is -2.59. The molecule has 2 saturated carbocycles. The van der Waals surface area contributed by atoms with Crippen molar-refractivity contribution < 1.29 is 19.4 Å². The fraction of sp³-hybridized carbons (Fsp3) is 0.739. The molecular weight excluding hydrogens is 340 g/mol. The maximum absolute atomic E-state index is 11.8. The van der Waals surface area contributed by atoms with Gasteiger partial charge in [0, 0.05) is 5.41 Å². The molecular formula is C23H34O4. The Bertz CT molecular complexity index is 665. The molecule has 0 radical (unpaired) electrons. The van der Waals surface area contributed by atoms with E-state index in [4.69, 9.17) is 9.84 Å². The Labute approximate surface area is 163 Å². The predicted octanol–water partition coefficient (Wildman–Crippen LogP) is 5.14. The molecule has 0 aliphatic heterocycles. The average Bonchev–Trinajstić information content (AvgIpc) is 2.59. The highest BCUT2D eigenvalue weighted by atomic mass is 16.5. The van der Waals surface area contributed by atoms with Crippen LogP contribution in [0, 0.1) is 28.1 Å². The van der Waals surface area contributed by atoms with Gasteiger partial charge in [-0.2, -0.15) is 0 Å². The average molecular weight is 375 g/mol. The number of ether oxygens (including phenoxy) is 1. The summed E-state index contributed by atoms with van der Waals surface area (Å²) in [6, 6.07) is 0. The Hall–Kier alpha value is -1.58. The summed E-state index contributed by atoms with van der Waals surface area (Å²) in [5, 5.41) is 8.79. The summed E-state index contributed by atoms with van der Waals surface area (Å²) in [6.45, 7) is 11.4. The maximum Gasteiger partial charge on any atom is 0.317 e. The lowest BCUT2D eigenvalue weighted by Crippen LogP contribution is -2.52. The number of hydrogen-bond acceptors (Lipinski definition) is 3. The molecule has 3 aliphatic carbocycles. The number of carbonyl (C=O) groups excluding carboxylic acids is 1. The number of carboxylic acids is 1. The lowest BCUT2D eigenvalue weighted by atomic mass is 9.45. The summed E-state index contributed by atoms with van der Waals surface area (Å²) in [7, 11) is 0. The van der Waals surface area contributed by atoms with Crippen LogP contribution in [-0.4, -0.2) is 23.7 Å². The third-order valence-corrected chi connectivity index (χ3v) is 7.92. The van der Waals surface area contributed by atoms with Crippen molar-refractivity contribution in [1.82, 2.24) is 0 Å². The molecule has 0 saturated heterocycles. The number of carbonyl (C=O) groups is 2. The molecule has 5 atom stereocenters. The molecule has 150 valence electrons. The summed E-state index contributed by atoms with van der Waals surface area (Å²) >= 11 is 0. The zero-order valence-corrected chi connectivity index (χ0v) is 17.1. The molecule has 0 spiro atoms. The van der Waals surface area contributed by atoms with Crippen molar-refractivity contribution in [2.24, 2.45) is 28.1 Å². The molecule has 4 nitrogen and oxygen atoms in total. The summed E-state index contributed by atoms with van der Waals surface area (Å²) in [5.41, 5.74) is 1.98. The van der Waals surface area contributed by atoms with Crippen LogP contribution in [0.2, 0.25) is 0 Å². The molecule has 0 aromatic carbocycles. The molecule has 0 bridgehead atoms.